The summed E-state index contributed by atoms with van der Waals surface area (Å²) in [7, 11) is 0. The van der Waals surface area contributed by atoms with Crippen molar-refractivity contribution in [3.05, 3.63) is 59.7 Å². The second-order valence-corrected chi connectivity index (χ2v) is 7.55. The summed E-state index contributed by atoms with van der Waals surface area (Å²) >= 11 is 0. The lowest BCUT2D eigenvalue weighted by Crippen LogP contribution is -2.40. The highest BCUT2D eigenvalue weighted by Gasteiger charge is 2.38. The summed E-state index contributed by atoms with van der Waals surface area (Å²) in [4.78, 5) is 23.4. The predicted octanol–water partition coefficient (Wildman–Crippen LogP) is 3.41. The summed E-state index contributed by atoms with van der Waals surface area (Å²) < 4.78 is 10.9. The maximum Gasteiger partial charge on any atom is 0.407 e. The second-order valence-electron chi connectivity index (χ2n) is 7.55. The van der Waals surface area contributed by atoms with Crippen LogP contribution in [0.2, 0.25) is 0 Å². The van der Waals surface area contributed by atoms with Gasteiger partial charge in [0.15, 0.2) is 0 Å². The van der Waals surface area contributed by atoms with Crippen molar-refractivity contribution in [3.63, 3.8) is 0 Å². The Labute approximate surface area is 163 Å². The summed E-state index contributed by atoms with van der Waals surface area (Å²) in [6.07, 6.45) is 0.0538. The molecule has 0 spiro atoms. The zero-order valence-corrected chi connectivity index (χ0v) is 15.5. The van der Waals surface area contributed by atoms with Crippen molar-refractivity contribution >= 4 is 12.1 Å². The number of carbonyl (C=O) groups is 2. The molecule has 0 aromatic heterocycles. The summed E-state index contributed by atoms with van der Waals surface area (Å²) in [5, 5.41) is 11.9. The minimum Gasteiger partial charge on any atom is -0.481 e. The third kappa shape index (κ3) is 3.60. The lowest BCUT2D eigenvalue weighted by Gasteiger charge is -2.25. The summed E-state index contributed by atoms with van der Waals surface area (Å²) in [5.41, 5.74) is 4.11. The first-order valence-corrected chi connectivity index (χ1v) is 9.46. The molecule has 6 heteroatoms. The molecular weight excluding hydrogens is 358 g/mol. The van der Waals surface area contributed by atoms with Crippen LogP contribution in [0.25, 0.3) is 11.1 Å². The van der Waals surface area contributed by atoms with Gasteiger partial charge in [-0.15, -0.1) is 0 Å². The van der Waals surface area contributed by atoms with Crippen molar-refractivity contribution in [1.29, 1.82) is 0 Å². The number of carboxylic acid groups (broad SMARTS) is 1. The zero-order chi connectivity index (χ0) is 19.6. The maximum absolute atomic E-state index is 12.3. The normalized spacial score (nSPS) is 20.4. The highest BCUT2D eigenvalue weighted by Crippen LogP contribution is 2.44. The summed E-state index contributed by atoms with van der Waals surface area (Å²) in [6.45, 7) is 1.32. The van der Waals surface area contributed by atoms with E-state index in [1.807, 2.05) is 24.3 Å². The van der Waals surface area contributed by atoms with E-state index in [9.17, 15) is 9.59 Å². The summed E-state index contributed by atoms with van der Waals surface area (Å²) in [5.74, 6) is -0.888. The number of fused-ring (bicyclic) bond motifs is 3. The van der Waals surface area contributed by atoms with E-state index >= 15 is 0 Å². The molecule has 2 aromatic rings. The van der Waals surface area contributed by atoms with Crippen molar-refractivity contribution in [1.82, 2.24) is 5.32 Å². The average Bonchev–Trinajstić information content (AvgIpc) is 3.27. The summed E-state index contributed by atoms with van der Waals surface area (Å²) in [6, 6.07) is 16.3. The Hall–Kier alpha value is -2.86. The maximum atomic E-state index is 12.3. The van der Waals surface area contributed by atoms with Gasteiger partial charge in [-0.25, -0.2) is 4.79 Å². The molecule has 0 bridgehead atoms. The molecule has 2 aliphatic rings. The quantitative estimate of drug-likeness (QED) is 0.801. The van der Waals surface area contributed by atoms with Crippen LogP contribution in [0.1, 0.15) is 29.9 Å². The van der Waals surface area contributed by atoms with Gasteiger partial charge in [0.1, 0.15) is 6.61 Å². The fourth-order valence-electron chi connectivity index (χ4n) is 4.22. The first-order valence-electron chi connectivity index (χ1n) is 9.46. The number of rotatable bonds is 6. The monoisotopic (exact) mass is 381 g/mol. The number of carbonyl (C=O) groups excluding carboxylic acids is 1. The average molecular weight is 381 g/mol. The molecule has 1 heterocycles. The van der Waals surface area contributed by atoms with Crippen molar-refractivity contribution < 1.29 is 24.2 Å². The number of carboxylic acids is 1. The van der Waals surface area contributed by atoms with Crippen molar-refractivity contribution in [2.45, 2.75) is 18.8 Å². The molecule has 28 heavy (non-hydrogen) atoms. The Morgan fingerprint density at radius 1 is 1.11 bits per heavy atom. The van der Waals surface area contributed by atoms with E-state index in [1.165, 1.54) is 11.1 Å². The molecule has 1 aliphatic carbocycles. The van der Waals surface area contributed by atoms with Crippen LogP contribution in [0.3, 0.4) is 0 Å². The molecule has 2 N–H and O–H groups in total. The van der Waals surface area contributed by atoms with E-state index in [0.717, 1.165) is 11.1 Å². The van der Waals surface area contributed by atoms with Crippen molar-refractivity contribution in [2.24, 2.45) is 5.41 Å². The third-order valence-electron chi connectivity index (χ3n) is 5.66. The largest absolute Gasteiger partial charge is 0.481 e. The van der Waals surface area contributed by atoms with E-state index < -0.39 is 17.5 Å². The number of hydrogen-bond donors (Lipinski definition) is 2. The highest BCUT2D eigenvalue weighted by atomic mass is 16.5. The predicted molar refractivity (Wildman–Crippen MR) is 103 cm³/mol. The van der Waals surface area contributed by atoms with Gasteiger partial charge in [-0.05, 0) is 28.7 Å². The van der Waals surface area contributed by atoms with E-state index in [-0.39, 0.29) is 25.5 Å². The van der Waals surface area contributed by atoms with Crippen LogP contribution in [0.15, 0.2) is 48.5 Å². The van der Waals surface area contributed by atoms with Gasteiger partial charge in [-0.3, -0.25) is 4.79 Å². The topological polar surface area (TPSA) is 84.9 Å². The molecule has 146 valence electrons. The van der Waals surface area contributed by atoms with Crippen LogP contribution in [0, 0.1) is 5.41 Å². The lowest BCUT2D eigenvalue weighted by atomic mass is 9.84. The number of aliphatic carboxylic acids is 1. The highest BCUT2D eigenvalue weighted by molar-refractivity contribution is 5.79. The molecule has 1 saturated heterocycles. The lowest BCUT2D eigenvalue weighted by molar-refractivity contribution is -0.139. The molecule has 4 rings (SSSR count). The van der Waals surface area contributed by atoms with Crippen molar-refractivity contribution in [3.8, 4) is 11.1 Å². The minimum absolute atomic E-state index is 0.000874. The van der Waals surface area contributed by atoms with Gasteiger partial charge >= 0.3 is 12.1 Å². The third-order valence-corrected chi connectivity index (χ3v) is 5.66. The van der Waals surface area contributed by atoms with Gasteiger partial charge in [0.25, 0.3) is 0 Å². The molecule has 1 fully saturated rings. The van der Waals surface area contributed by atoms with Crippen LogP contribution >= 0.6 is 0 Å². The fraction of sp³-hybridized carbons (Fsp3) is 0.364. The van der Waals surface area contributed by atoms with Gasteiger partial charge in [0.05, 0.1) is 13.0 Å². The SMILES string of the molecule is O=C(O)CC1(CNC(=O)OCC2c3ccccc3-c3ccccc32)CCOC1. The molecular formula is C22H23NO5. The number of hydrogen-bond acceptors (Lipinski definition) is 4. The standard InChI is InChI=1S/C22H23NO5/c24-20(25)11-22(9-10-27-14-22)13-23-21(26)28-12-19-17-7-3-1-5-15(17)16-6-2-4-8-18(16)19/h1-8,19H,9-14H2,(H,23,26)(H,24,25). The number of ether oxygens (including phenoxy) is 2. The van der Waals surface area contributed by atoms with E-state index in [1.54, 1.807) is 0 Å². The van der Waals surface area contributed by atoms with E-state index in [2.05, 4.69) is 29.6 Å². The number of amides is 1. The molecule has 1 atom stereocenters. The first kappa shape index (κ1) is 18.5. The Kier molecular flexibility index (Phi) is 5.05. The zero-order valence-electron chi connectivity index (χ0n) is 15.5. The second kappa shape index (κ2) is 7.64. The number of benzene rings is 2. The first-order chi connectivity index (χ1) is 13.6. The smallest absolute Gasteiger partial charge is 0.407 e. The van der Waals surface area contributed by atoms with E-state index in [0.29, 0.717) is 19.6 Å². The van der Waals surface area contributed by atoms with Crippen LogP contribution in [0.4, 0.5) is 4.79 Å². The molecule has 1 aliphatic heterocycles. The van der Waals surface area contributed by atoms with Crippen molar-refractivity contribution in [2.75, 3.05) is 26.4 Å². The van der Waals surface area contributed by atoms with Crippen LogP contribution < -0.4 is 5.32 Å². The number of alkyl carbamates (subject to hydrolysis) is 1. The number of nitrogens with one attached hydrogen (secondary N) is 1. The molecule has 0 saturated carbocycles. The Bertz CT molecular complexity index is 843. The van der Waals surface area contributed by atoms with Gasteiger partial charge in [-0.1, -0.05) is 48.5 Å². The van der Waals surface area contributed by atoms with E-state index in [4.69, 9.17) is 14.6 Å². The fourth-order valence-corrected chi connectivity index (χ4v) is 4.22. The Balaban J connectivity index is 1.39. The molecule has 6 nitrogen and oxygen atoms in total. The van der Waals surface area contributed by atoms with Gasteiger partial charge < -0.3 is 19.9 Å². The molecule has 0 radical (unpaired) electrons. The van der Waals surface area contributed by atoms with Crippen LogP contribution in [-0.2, 0) is 14.3 Å². The molecule has 2 aromatic carbocycles. The minimum atomic E-state index is -0.889. The van der Waals surface area contributed by atoms with Crippen LogP contribution in [0.5, 0.6) is 0 Å². The Morgan fingerprint density at radius 2 is 1.75 bits per heavy atom. The van der Waals surface area contributed by atoms with Gasteiger partial charge in [0.2, 0.25) is 0 Å². The Morgan fingerprint density at radius 3 is 2.32 bits per heavy atom. The molecule has 1 amide bonds. The van der Waals surface area contributed by atoms with Gasteiger partial charge in [-0.2, -0.15) is 0 Å². The van der Waals surface area contributed by atoms with Crippen LogP contribution in [-0.4, -0.2) is 43.5 Å². The molecule has 1 unspecified atom stereocenters. The van der Waals surface area contributed by atoms with Gasteiger partial charge in [0, 0.05) is 24.5 Å².